The van der Waals surface area contributed by atoms with Gasteiger partial charge in [0, 0.05) is 18.0 Å². The maximum atomic E-state index is 11.2. The Morgan fingerprint density at radius 1 is 1.50 bits per heavy atom. The Labute approximate surface area is 92.6 Å². The first-order valence-electron chi connectivity index (χ1n) is 4.44. The molecule has 0 radical (unpaired) electrons. The third-order valence-corrected chi connectivity index (χ3v) is 1.65. The Kier molecular flexibility index (Phi) is 4.04. The van der Waals surface area contributed by atoms with Crippen LogP contribution in [0.15, 0.2) is 18.5 Å². The minimum absolute atomic E-state index is 0.0253. The van der Waals surface area contributed by atoms with Crippen molar-refractivity contribution in [2.45, 2.75) is 6.42 Å². The molecule has 1 aromatic rings. The number of carbonyl (C=O) groups is 2. The summed E-state index contributed by atoms with van der Waals surface area (Å²) in [4.78, 5) is 25.4. The number of amides is 1. The second-order valence-electron chi connectivity index (χ2n) is 2.90. The van der Waals surface area contributed by atoms with Crippen LogP contribution in [0.4, 0.5) is 0 Å². The summed E-state index contributed by atoms with van der Waals surface area (Å²) in [5, 5.41) is 0. The predicted octanol–water partition coefficient (Wildman–Crippen LogP) is 0.0951. The van der Waals surface area contributed by atoms with Crippen molar-refractivity contribution in [3.05, 3.63) is 29.6 Å². The number of pyridine rings is 1. The van der Waals surface area contributed by atoms with Crippen LogP contribution in [0.5, 0.6) is 0 Å². The molecule has 82 valence electrons. The van der Waals surface area contributed by atoms with Gasteiger partial charge in [-0.25, -0.2) is 4.79 Å². The molecule has 0 aliphatic carbocycles. The third kappa shape index (κ3) is 3.42. The van der Waals surface area contributed by atoms with Crippen LogP contribution >= 0.6 is 0 Å². The molecule has 0 saturated carbocycles. The molecule has 0 bridgehead atoms. The van der Waals surface area contributed by atoms with Crippen molar-refractivity contribution >= 4 is 11.9 Å². The van der Waals surface area contributed by atoms with Crippen molar-refractivity contribution in [1.29, 1.82) is 0 Å². The molecule has 0 aliphatic heterocycles. The highest BCUT2D eigenvalue weighted by Gasteiger charge is 2.05. The van der Waals surface area contributed by atoms with Crippen molar-refractivity contribution in [3.63, 3.8) is 0 Å². The highest BCUT2D eigenvalue weighted by molar-refractivity contribution is 5.89. The van der Waals surface area contributed by atoms with Gasteiger partial charge in [0.15, 0.2) is 0 Å². The van der Waals surface area contributed by atoms with Gasteiger partial charge in [-0.2, -0.15) is 0 Å². The van der Waals surface area contributed by atoms with Crippen molar-refractivity contribution < 1.29 is 14.3 Å². The fourth-order valence-corrected chi connectivity index (χ4v) is 0.971. The van der Waals surface area contributed by atoms with E-state index in [0.29, 0.717) is 11.1 Å². The summed E-state index contributed by atoms with van der Waals surface area (Å²) in [6.45, 7) is 0. The van der Waals surface area contributed by atoms with E-state index in [1.807, 2.05) is 0 Å². The van der Waals surface area contributed by atoms with Gasteiger partial charge in [-0.05, 0) is 6.07 Å². The van der Waals surface area contributed by atoms with E-state index < -0.39 is 11.9 Å². The zero-order chi connectivity index (χ0) is 12.0. The largest absolute Gasteiger partial charge is 0.465 e. The van der Waals surface area contributed by atoms with Crippen molar-refractivity contribution in [2.24, 2.45) is 5.73 Å². The Balaban J connectivity index is 2.85. The van der Waals surface area contributed by atoms with Crippen LogP contribution in [0.3, 0.4) is 0 Å². The quantitative estimate of drug-likeness (QED) is 0.563. The van der Waals surface area contributed by atoms with Crippen LogP contribution in [0.1, 0.15) is 22.3 Å². The average molecular weight is 218 g/mol. The first-order chi connectivity index (χ1) is 7.63. The normalized spacial score (nSPS) is 8.81. The monoisotopic (exact) mass is 218 g/mol. The van der Waals surface area contributed by atoms with Crippen LogP contribution < -0.4 is 5.73 Å². The van der Waals surface area contributed by atoms with E-state index in [4.69, 9.17) is 5.73 Å². The van der Waals surface area contributed by atoms with E-state index in [0.717, 1.165) is 0 Å². The van der Waals surface area contributed by atoms with Crippen LogP contribution in [-0.4, -0.2) is 24.0 Å². The number of nitrogens with zero attached hydrogens (tertiary/aromatic N) is 1. The summed E-state index contributed by atoms with van der Waals surface area (Å²) in [6, 6.07) is 1.53. The van der Waals surface area contributed by atoms with E-state index in [9.17, 15) is 9.59 Å². The van der Waals surface area contributed by atoms with E-state index in [1.165, 1.54) is 25.6 Å². The summed E-state index contributed by atoms with van der Waals surface area (Å²) >= 11 is 0. The van der Waals surface area contributed by atoms with Crippen molar-refractivity contribution in [1.82, 2.24) is 4.98 Å². The van der Waals surface area contributed by atoms with Gasteiger partial charge in [-0.1, -0.05) is 11.8 Å². The maximum absolute atomic E-state index is 11.2. The molecule has 0 aliphatic rings. The highest BCUT2D eigenvalue weighted by Crippen LogP contribution is 2.02. The van der Waals surface area contributed by atoms with Gasteiger partial charge in [-0.3, -0.25) is 9.78 Å². The van der Waals surface area contributed by atoms with E-state index in [-0.39, 0.29) is 6.42 Å². The van der Waals surface area contributed by atoms with Crippen LogP contribution in [0.2, 0.25) is 0 Å². The van der Waals surface area contributed by atoms with Gasteiger partial charge in [0.2, 0.25) is 5.91 Å². The number of hydrogen-bond donors (Lipinski definition) is 1. The van der Waals surface area contributed by atoms with Gasteiger partial charge in [0.05, 0.1) is 19.1 Å². The third-order valence-electron chi connectivity index (χ3n) is 1.65. The summed E-state index contributed by atoms with van der Waals surface area (Å²) in [5.74, 6) is 4.27. The van der Waals surface area contributed by atoms with Gasteiger partial charge in [-0.15, -0.1) is 0 Å². The van der Waals surface area contributed by atoms with Crippen LogP contribution in [0, 0.1) is 11.8 Å². The Morgan fingerprint density at radius 2 is 2.25 bits per heavy atom. The summed E-state index contributed by atoms with van der Waals surface area (Å²) in [5.41, 5.74) is 5.77. The molecular formula is C11H10N2O3. The SMILES string of the molecule is COC(=O)c1cncc(C#CCC(N)=O)c1. The number of primary amides is 1. The number of ether oxygens (including phenoxy) is 1. The van der Waals surface area contributed by atoms with Gasteiger partial charge in [0.1, 0.15) is 0 Å². The van der Waals surface area contributed by atoms with E-state index in [1.54, 1.807) is 0 Å². The Morgan fingerprint density at radius 3 is 2.88 bits per heavy atom. The number of hydrogen-bond acceptors (Lipinski definition) is 4. The molecule has 5 nitrogen and oxygen atoms in total. The highest BCUT2D eigenvalue weighted by atomic mass is 16.5. The summed E-state index contributed by atoms with van der Waals surface area (Å²) in [6.07, 6.45) is 2.84. The number of aromatic nitrogens is 1. The topological polar surface area (TPSA) is 82.3 Å². The number of esters is 1. The van der Waals surface area contributed by atoms with E-state index >= 15 is 0 Å². The molecule has 2 N–H and O–H groups in total. The van der Waals surface area contributed by atoms with Crippen molar-refractivity contribution in [3.8, 4) is 11.8 Å². The van der Waals surface area contributed by atoms with Crippen molar-refractivity contribution in [2.75, 3.05) is 7.11 Å². The molecule has 0 unspecified atom stereocenters. The Hall–Kier alpha value is -2.35. The van der Waals surface area contributed by atoms with Gasteiger partial charge in [0.25, 0.3) is 0 Å². The first-order valence-corrected chi connectivity index (χ1v) is 4.44. The van der Waals surface area contributed by atoms with Gasteiger partial charge < -0.3 is 10.5 Å². The van der Waals surface area contributed by atoms with Crippen LogP contribution in [-0.2, 0) is 9.53 Å². The smallest absolute Gasteiger partial charge is 0.339 e. The molecule has 0 fully saturated rings. The minimum Gasteiger partial charge on any atom is -0.465 e. The lowest BCUT2D eigenvalue weighted by molar-refractivity contribution is -0.117. The lowest BCUT2D eigenvalue weighted by atomic mass is 10.2. The first kappa shape index (κ1) is 11.7. The second-order valence-corrected chi connectivity index (χ2v) is 2.90. The minimum atomic E-state index is -0.496. The number of nitrogens with two attached hydrogens (primary N) is 1. The molecule has 0 aromatic carbocycles. The lowest BCUT2D eigenvalue weighted by Gasteiger charge is -1.97. The Bertz CT molecular complexity index is 472. The van der Waals surface area contributed by atoms with Gasteiger partial charge >= 0.3 is 5.97 Å². The van der Waals surface area contributed by atoms with Crippen LogP contribution in [0.25, 0.3) is 0 Å². The molecule has 1 rings (SSSR count). The summed E-state index contributed by atoms with van der Waals surface area (Å²) < 4.78 is 4.53. The molecule has 5 heteroatoms. The second kappa shape index (κ2) is 5.51. The lowest BCUT2D eigenvalue weighted by Crippen LogP contribution is -2.08. The zero-order valence-electron chi connectivity index (χ0n) is 8.69. The molecule has 1 heterocycles. The summed E-state index contributed by atoms with van der Waals surface area (Å²) in [7, 11) is 1.29. The molecule has 0 atom stereocenters. The maximum Gasteiger partial charge on any atom is 0.339 e. The average Bonchev–Trinajstić information content (AvgIpc) is 2.28. The molecule has 0 spiro atoms. The zero-order valence-corrected chi connectivity index (χ0v) is 8.69. The fourth-order valence-electron chi connectivity index (χ4n) is 0.971. The molecule has 0 saturated heterocycles. The molecule has 1 aromatic heterocycles. The molecule has 1 amide bonds. The fraction of sp³-hybridized carbons (Fsp3) is 0.182. The molecule has 16 heavy (non-hydrogen) atoms. The molecular weight excluding hydrogens is 208 g/mol. The number of rotatable bonds is 2. The standard InChI is InChI=1S/C11H10N2O3/c1-16-11(15)9-5-8(6-13-7-9)3-2-4-10(12)14/h5-7H,4H2,1H3,(H2,12,14). The van der Waals surface area contributed by atoms with E-state index in [2.05, 4.69) is 21.6 Å². The number of methoxy groups -OCH3 is 1. The predicted molar refractivity (Wildman–Crippen MR) is 56.3 cm³/mol. The number of carbonyl (C=O) groups excluding carboxylic acids is 2.